The number of amides is 1. The van der Waals surface area contributed by atoms with E-state index in [1.165, 1.54) is 18.2 Å². The minimum absolute atomic E-state index is 0.372. The molecule has 24 heavy (non-hydrogen) atoms. The molecule has 0 saturated heterocycles. The van der Waals surface area contributed by atoms with Crippen LogP contribution in [0.2, 0.25) is 0 Å². The van der Waals surface area contributed by atoms with Gasteiger partial charge in [-0.3, -0.25) is 4.79 Å². The van der Waals surface area contributed by atoms with Gasteiger partial charge in [-0.05, 0) is 42.5 Å². The molecule has 0 aliphatic rings. The smallest absolute Gasteiger partial charge is 0.322 e. The van der Waals surface area contributed by atoms with Crippen molar-refractivity contribution in [3.63, 3.8) is 0 Å². The molecule has 0 aliphatic carbocycles. The van der Waals surface area contributed by atoms with E-state index >= 15 is 0 Å². The number of hydrogen-bond donors (Lipinski definition) is 1. The number of carbonyl (C=O) groups excluding carboxylic acids is 1. The van der Waals surface area contributed by atoms with Gasteiger partial charge in [0.2, 0.25) is 0 Å². The highest BCUT2D eigenvalue weighted by Crippen LogP contribution is 2.32. The Balaban J connectivity index is 2.25. The first kappa shape index (κ1) is 18.0. The third-order valence-electron chi connectivity index (χ3n) is 3.73. The molecule has 2 nitrogen and oxygen atoms in total. The van der Waals surface area contributed by atoms with Crippen LogP contribution in [0.4, 0.5) is 18.9 Å². The third kappa shape index (κ3) is 4.60. The zero-order valence-electron chi connectivity index (χ0n) is 13.7. The van der Waals surface area contributed by atoms with Gasteiger partial charge in [0, 0.05) is 5.69 Å². The molecular weight excluding hydrogens is 315 g/mol. The molecule has 2 rings (SSSR count). The SMILES string of the molecule is CC(C)CCc1ccccc1NC(=O)c1ccccc1C(F)(F)F. The van der Waals surface area contributed by atoms with E-state index in [0.717, 1.165) is 24.5 Å². The molecule has 0 fully saturated rings. The molecule has 0 aromatic heterocycles. The number of anilines is 1. The summed E-state index contributed by atoms with van der Waals surface area (Å²) in [5.41, 5.74) is 0.176. The third-order valence-corrected chi connectivity index (χ3v) is 3.73. The normalized spacial score (nSPS) is 11.6. The second kappa shape index (κ2) is 7.51. The van der Waals surface area contributed by atoms with Gasteiger partial charge in [-0.25, -0.2) is 0 Å². The number of aryl methyl sites for hydroxylation is 1. The number of carbonyl (C=O) groups is 1. The summed E-state index contributed by atoms with van der Waals surface area (Å²) in [6.07, 6.45) is -2.87. The molecule has 0 atom stereocenters. The molecule has 0 bridgehead atoms. The summed E-state index contributed by atoms with van der Waals surface area (Å²) in [4.78, 5) is 12.4. The van der Waals surface area contributed by atoms with Gasteiger partial charge in [0.05, 0.1) is 11.1 Å². The lowest BCUT2D eigenvalue weighted by atomic mass is 10.0. The molecule has 0 unspecified atom stereocenters. The second-order valence-corrected chi connectivity index (χ2v) is 6.09. The molecule has 0 heterocycles. The van der Waals surface area contributed by atoms with Crippen LogP contribution in [0.5, 0.6) is 0 Å². The van der Waals surface area contributed by atoms with E-state index in [0.29, 0.717) is 11.6 Å². The van der Waals surface area contributed by atoms with E-state index in [1.807, 2.05) is 12.1 Å². The van der Waals surface area contributed by atoms with Gasteiger partial charge >= 0.3 is 6.18 Å². The lowest BCUT2D eigenvalue weighted by molar-refractivity contribution is -0.137. The molecule has 1 N–H and O–H groups in total. The van der Waals surface area contributed by atoms with Crippen LogP contribution in [-0.2, 0) is 12.6 Å². The summed E-state index contributed by atoms with van der Waals surface area (Å²) in [5, 5.41) is 2.62. The van der Waals surface area contributed by atoms with E-state index in [1.54, 1.807) is 12.1 Å². The van der Waals surface area contributed by atoms with Crippen LogP contribution in [0.3, 0.4) is 0 Å². The molecule has 2 aromatic rings. The van der Waals surface area contributed by atoms with Crippen LogP contribution < -0.4 is 5.32 Å². The number of nitrogens with one attached hydrogen (secondary N) is 1. The largest absolute Gasteiger partial charge is 0.417 e. The standard InChI is InChI=1S/C19H20F3NO/c1-13(2)11-12-14-7-3-6-10-17(14)23-18(24)15-8-4-5-9-16(15)19(20,21)22/h3-10,13H,11-12H2,1-2H3,(H,23,24). The number of rotatable bonds is 5. The van der Waals surface area contributed by atoms with Crippen LogP contribution in [0.1, 0.15) is 41.8 Å². The first-order valence-corrected chi connectivity index (χ1v) is 7.84. The molecule has 128 valence electrons. The van der Waals surface area contributed by atoms with Crippen molar-refractivity contribution in [1.82, 2.24) is 0 Å². The summed E-state index contributed by atoms with van der Waals surface area (Å²) in [6.45, 7) is 4.20. The number of alkyl halides is 3. The first-order chi connectivity index (χ1) is 11.3. The molecule has 0 spiro atoms. The zero-order valence-corrected chi connectivity index (χ0v) is 13.7. The van der Waals surface area contributed by atoms with Crippen molar-refractivity contribution in [3.8, 4) is 0 Å². The summed E-state index contributed by atoms with van der Waals surface area (Å²) in [6, 6.07) is 12.0. The van der Waals surface area contributed by atoms with Crippen LogP contribution in [0.25, 0.3) is 0 Å². The lowest BCUT2D eigenvalue weighted by Gasteiger charge is -2.15. The average Bonchev–Trinajstić information content (AvgIpc) is 2.53. The Morgan fingerprint density at radius 2 is 1.67 bits per heavy atom. The predicted octanol–water partition coefficient (Wildman–Crippen LogP) is 5.55. The van der Waals surface area contributed by atoms with Crippen molar-refractivity contribution in [1.29, 1.82) is 0 Å². The Morgan fingerprint density at radius 1 is 1.04 bits per heavy atom. The van der Waals surface area contributed by atoms with Crippen molar-refractivity contribution in [2.24, 2.45) is 5.92 Å². The van der Waals surface area contributed by atoms with Gasteiger partial charge in [0.15, 0.2) is 0 Å². The fourth-order valence-electron chi connectivity index (χ4n) is 2.42. The predicted molar refractivity (Wildman–Crippen MR) is 89.0 cm³/mol. The number of halogens is 3. The van der Waals surface area contributed by atoms with E-state index < -0.39 is 17.6 Å². The molecular formula is C19H20F3NO. The second-order valence-electron chi connectivity index (χ2n) is 6.09. The topological polar surface area (TPSA) is 29.1 Å². The van der Waals surface area contributed by atoms with Gasteiger partial charge in [-0.2, -0.15) is 13.2 Å². The number of hydrogen-bond acceptors (Lipinski definition) is 1. The maximum atomic E-state index is 13.1. The molecule has 0 radical (unpaired) electrons. The quantitative estimate of drug-likeness (QED) is 0.763. The maximum absolute atomic E-state index is 13.1. The molecule has 0 saturated carbocycles. The highest BCUT2D eigenvalue weighted by Gasteiger charge is 2.34. The summed E-state index contributed by atoms with van der Waals surface area (Å²) >= 11 is 0. The van der Waals surface area contributed by atoms with Crippen molar-refractivity contribution < 1.29 is 18.0 Å². The van der Waals surface area contributed by atoms with Crippen LogP contribution >= 0.6 is 0 Å². The minimum atomic E-state index is -4.56. The van der Waals surface area contributed by atoms with Gasteiger partial charge in [-0.15, -0.1) is 0 Å². The summed E-state index contributed by atoms with van der Waals surface area (Å²) in [5.74, 6) is -0.250. The van der Waals surface area contributed by atoms with Crippen LogP contribution in [0, 0.1) is 5.92 Å². The van der Waals surface area contributed by atoms with Crippen molar-refractivity contribution in [2.75, 3.05) is 5.32 Å². The molecule has 0 aliphatic heterocycles. The van der Waals surface area contributed by atoms with Crippen molar-refractivity contribution in [2.45, 2.75) is 32.9 Å². The Kier molecular flexibility index (Phi) is 5.65. The van der Waals surface area contributed by atoms with E-state index in [-0.39, 0.29) is 5.56 Å². The Labute approximate surface area is 139 Å². The molecule has 5 heteroatoms. The highest BCUT2D eigenvalue weighted by atomic mass is 19.4. The number of para-hydroxylation sites is 1. The van der Waals surface area contributed by atoms with Gasteiger partial charge in [-0.1, -0.05) is 44.2 Å². The van der Waals surface area contributed by atoms with Gasteiger partial charge in [0.25, 0.3) is 5.91 Å². The Hall–Kier alpha value is -2.30. The monoisotopic (exact) mass is 335 g/mol. The highest BCUT2D eigenvalue weighted by molar-refractivity contribution is 6.05. The first-order valence-electron chi connectivity index (χ1n) is 7.84. The van der Waals surface area contributed by atoms with Crippen molar-refractivity contribution >= 4 is 11.6 Å². The zero-order chi connectivity index (χ0) is 17.7. The fraction of sp³-hybridized carbons (Fsp3) is 0.316. The minimum Gasteiger partial charge on any atom is -0.322 e. The summed E-state index contributed by atoms with van der Waals surface area (Å²) < 4.78 is 39.2. The van der Waals surface area contributed by atoms with Crippen LogP contribution in [-0.4, -0.2) is 5.91 Å². The Morgan fingerprint density at radius 3 is 2.33 bits per heavy atom. The van der Waals surface area contributed by atoms with E-state index in [4.69, 9.17) is 0 Å². The molecule has 1 amide bonds. The Bertz CT molecular complexity index is 708. The number of benzene rings is 2. The van der Waals surface area contributed by atoms with E-state index in [2.05, 4.69) is 19.2 Å². The van der Waals surface area contributed by atoms with Gasteiger partial charge < -0.3 is 5.32 Å². The van der Waals surface area contributed by atoms with Gasteiger partial charge in [0.1, 0.15) is 0 Å². The molecule has 2 aromatic carbocycles. The van der Waals surface area contributed by atoms with E-state index in [9.17, 15) is 18.0 Å². The maximum Gasteiger partial charge on any atom is 0.417 e. The van der Waals surface area contributed by atoms with Crippen molar-refractivity contribution in [3.05, 3.63) is 65.2 Å². The summed E-state index contributed by atoms with van der Waals surface area (Å²) in [7, 11) is 0. The lowest BCUT2D eigenvalue weighted by Crippen LogP contribution is -2.19. The fourth-order valence-corrected chi connectivity index (χ4v) is 2.42. The van der Waals surface area contributed by atoms with Crippen LogP contribution in [0.15, 0.2) is 48.5 Å². The average molecular weight is 335 g/mol.